The summed E-state index contributed by atoms with van der Waals surface area (Å²) in [6, 6.07) is 20.5. The van der Waals surface area contributed by atoms with E-state index in [1.54, 1.807) is 0 Å². The van der Waals surface area contributed by atoms with Crippen LogP contribution in [0.15, 0.2) is 72.8 Å². The third kappa shape index (κ3) is 4.51. The molecule has 0 heterocycles. The van der Waals surface area contributed by atoms with Crippen LogP contribution in [0.25, 0.3) is 0 Å². The highest BCUT2D eigenvalue weighted by Gasteiger charge is 2.29. The van der Waals surface area contributed by atoms with E-state index in [0.29, 0.717) is 13.0 Å². The molecule has 5 heteroatoms. The molecular weight excluding hydrogens is 382 g/mol. The summed E-state index contributed by atoms with van der Waals surface area (Å²) in [6.45, 7) is 0.336. The fraction of sp³-hybridized carbons (Fsp3) is 0.240. The van der Waals surface area contributed by atoms with Crippen molar-refractivity contribution in [1.82, 2.24) is 5.32 Å². The van der Waals surface area contributed by atoms with Gasteiger partial charge in [0.05, 0.1) is 5.69 Å². The molecule has 0 spiro atoms. The fourth-order valence-corrected chi connectivity index (χ4v) is 4.11. The van der Waals surface area contributed by atoms with Crippen LogP contribution in [-0.4, -0.2) is 12.1 Å². The molecule has 0 aliphatic heterocycles. The molecule has 0 fully saturated rings. The van der Waals surface area contributed by atoms with E-state index in [1.165, 1.54) is 28.2 Å². The molecule has 1 atom stereocenters. The number of anilines is 1. The van der Waals surface area contributed by atoms with Crippen molar-refractivity contribution in [1.29, 1.82) is 0 Å². The predicted octanol–water partition coefficient (Wildman–Crippen LogP) is 5.63. The summed E-state index contributed by atoms with van der Waals surface area (Å²) in [6.07, 6.45) is 3.20. The first kappa shape index (κ1) is 20.1. The lowest BCUT2D eigenvalue weighted by molar-refractivity contribution is 0.242. The molecule has 0 saturated carbocycles. The van der Waals surface area contributed by atoms with Gasteiger partial charge in [-0.25, -0.2) is 13.6 Å². The van der Waals surface area contributed by atoms with E-state index in [0.717, 1.165) is 30.9 Å². The standard InChI is InChI=1S/C25H24F2N2O/c26-21-13-14-24(23(27)16-21)29(25(30)28-17-18-7-2-1-3-8-18)22-12-6-11-19-9-4-5-10-20(19)15-22/h1-5,7-10,13-14,16,22H,6,11-12,15,17H2,(H,28,30). The van der Waals surface area contributed by atoms with E-state index in [4.69, 9.17) is 0 Å². The third-order valence-corrected chi connectivity index (χ3v) is 5.60. The van der Waals surface area contributed by atoms with Crippen molar-refractivity contribution in [2.75, 3.05) is 4.90 Å². The van der Waals surface area contributed by atoms with E-state index in [2.05, 4.69) is 17.4 Å². The van der Waals surface area contributed by atoms with Crippen molar-refractivity contribution in [3.8, 4) is 0 Å². The lowest BCUT2D eigenvalue weighted by atomic mass is 10.0. The first-order valence-corrected chi connectivity index (χ1v) is 10.2. The Balaban J connectivity index is 1.64. The summed E-state index contributed by atoms with van der Waals surface area (Å²) in [7, 11) is 0. The van der Waals surface area contributed by atoms with Crippen molar-refractivity contribution >= 4 is 11.7 Å². The summed E-state index contributed by atoms with van der Waals surface area (Å²) < 4.78 is 28.2. The Labute approximate surface area is 175 Å². The Morgan fingerprint density at radius 1 is 0.967 bits per heavy atom. The van der Waals surface area contributed by atoms with E-state index in [-0.39, 0.29) is 17.8 Å². The number of halogens is 2. The second-order valence-electron chi connectivity index (χ2n) is 7.63. The number of hydrogen-bond acceptors (Lipinski definition) is 1. The molecule has 2 amide bonds. The zero-order chi connectivity index (χ0) is 20.9. The number of benzene rings is 3. The predicted molar refractivity (Wildman–Crippen MR) is 114 cm³/mol. The van der Waals surface area contributed by atoms with E-state index < -0.39 is 11.6 Å². The number of carbonyl (C=O) groups is 1. The maximum Gasteiger partial charge on any atom is 0.322 e. The molecule has 1 unspecified atom stereocenters. The first-order chi connectivity index (χ1) is 14.6. The van der Waals surface area contributed by atoms with Crippen molar-refractivity contribution in [2.45, 2.75) is 38.3 Å². The lowest BCUT2D eigenvalue weighted by Crippen LogP contribution is -2.47. The molecule has 1 aliphatic carbocycles. The Kier molecular flexibility index (Phi) is 6.07. The fourth-order valence-electron chi connectivity index (χ4n) is 4.11. The summed E-state index contributed by atoms with van der Waals surface area (Å²) in [5, 5.41) is 2.91. The second-order valence-corrected chi connectivity index (χ2v) is 7.63. The molecule has 0 aromatic heterocycles. The van der Waals surface area contributed by atoms with Gasteiger partial charge in [0.2, 0.25) is 0 Å². The summed E-state index contributed by atoms with van der Waals surface area (Å²) >= 11 is 0. The van der Waals surface area contributed by atoms with Crippen LogP contribution in [0.2, 0.25) is 0 Å². The number of aryl methyl sites for hydroxylation is 1. The van der Waals surface area contributed by atoms with Crippen LogP contribution in [0.3, 0.4) is 0 Å². The minimum atomic E-state index is -0.734. The Hall–Kier alpha value is -3.21. The molecule has 1 N–H and O–H groups in total. The smallest absolute Gasteiger partial charge is 0.322 e. The van der Waals surface area contributed by atoms with Gasteiger partial charge in [0.25, 0.3) is 0 Å². The molecular formula is C25H24F2N2O. The molecule has 3 aromatic rings. The lowest BCUT2D eigenvalue weighted by Gasteiger charge is -2.32. The molecule has 0 radical (unpaired) electrons. The molecule has 3 aromatic carbocycles. The van der Waals surface area contributed by atoms with Gasteiger partial charge in [0, 0.05) is 18.7 Å². The number of carbonyl (C=O) groups excluding carboxylic acids is 1. The first-order valence-electron chi connectivity index (χ1n) is 10.2. The third-order valence-electron chi connectivity index (χ3n) is 5.60. The number of rotatable bonds is 4. The van der Waals surface area contributed by atoms with Gasteiger partial charge in [-0.1, -0.05) is 54.6 Å². The number of urea groups is 1. The zero-order valence-electron chi connectivity index (χ0n) is 16.7. The van der Waals surface area contributed by atoms with Gasteiger partial charge in [0.15, 0.2) is 0 Å². The number of nitrogens with one attached hydrogen (secondary N) is 1. The minimum absolute atomic E-state index is 0.103. The quantitative estimate of drug-likeness (QED) is 0.560. The van der Waals surface area contributed by atoms with Gasteiger partial charge in [0.1, 0.15) is 11.6 Å². The molecule has 4 rings (SSSR count). The van der Waals surface area contributed by atoms with E-state index >= 15 is 0 Å². The molecule has 1 aliphatic rings. The van der Waals surface area contributed by atoms with Crippen molar-refractivity contribution in [3.63, 3.8) is 0 Å². The molecule has 0 bridgehead atoms. The van der Waals surface area contributed by atoms with Crippen molar-refractivity contribution < 1.29 is 13.6 Å². The molecule has 0 saturated heterocycles. The van der Waals surface area contributed by atoms with Gasteiger partial charge in [-0.05, 0) is 54.5 Å². The number of fused-ring (bicyclic) bond motifs is 1. The average molecular weight is 406 g/mol. The summed E-state index contributed by atoms with van der Waals surface area (Å²) in [5.74, 6) is -1.39. The van der Waals surface area contributed by atoms with Gasteiger partial charge < -0.3 is 5.32 Å². The van der Waals surface area contributed by atoms with Crippen LogP contribution in [-0.2, 0) is 19.4 Å². The normalized spacial score (nSPS) is 15.7. The second kappa shape index (κ2) is 9.08. The summed E-state index contributed by atoms with van der Waals surface area (Å²) in [5.41, 5.74) is 3.50. The number of hydrogen-bond donors (Lipinski definition) is 1. The maximum absolute atomic E-state index is 14.7. The van der Waals surface area contributed by atoms with Crippen LogP contribution in [0.1, 0.15) is 29.5 Å². The van der Waals surface area contributed by atoms with Crippen LogP contribution >= 0.6 is 0 Å². The highest BCUT2D eigenvalue weighted by molar-refractivity contribution is 5.92. The molecule has 154 valence electrons. The minimum Gasteiger partial charge on any atom is -0.334 e. The van der Waals surface area contributed by atoms with Crippen molar-refractivity contribution in [2.24, 2.45) is 0 Å². The van der Waals surface area contributed by atoms with E-state index in [1.807, 2.05) is 42.5 Å². The zero-order valence-corrected chi connectivity index (χ0v) is 16.7. The Morgan fingerprint density at radius 2 is 1.70 bits per heavy atom. The monoisotopic (exact) mass is 406 g/mol. The van der Waals surface area contributed by atoms with Gasteiger partial charge in [-0.2, -0.15) is 0 Å². The van der Waals surface area contributed by atoms with Crippen LogP contribution < -0.4 is 10.2 Å². The van der Waals surface area contributed by atoms with Crippen molar-refractivity contribution in [3.05, 3.63) is 101 Å². The number of amides is 2. The van der Waals surface area contributed by atoms with Gasteiger partial charge in [-0.15, -0.1) is 0 Å². The summed E-state index contributed by atoms with van der Waals surface area (Å²) in [4.78, 5) is 14.7. The Bertz CT molecular complexity index is 1020. The highest BCUT2D eigenvalue weighted by atomic mass is 19.1. The van der Waals surface area contributed by atoms with Crippen LogP contribution in [0, 0.1) is 11.6 Å². The average Bonchev–Trinajstić information content (AvgIpc) is 2.97. The largest absolute Gasteiger partial charge is 0.334 e. The highest BCUT2D eigenvalue weighted by Crippen LogP contribution is 2.29. The maximum atomic E-state index is 14.7. The SMILES string of the molecule is O=C(NCc1ccccc1)N(c1ccc(F)cc1F)C1CCCc2ccccc2C1. The topological polar surface area (TPSA) is 32.3 Å². The van der Waals surface area contributed by atoms with Gasteiger partial charge in [-0.3, -0.25) is 4.90 Å². The van der Waals surface area contributed by atoms with Crippen LogP contribution in [0.4, 0.5) is 19.3 Å². The van der Waals surface area contributed by atoms with Crippen LogP contribution in [0.5, 0.6) is 0 Å². The molecule has 30 heavy (non-hydrogen) atoms. The van der Waals surface area contributed by atoms with Gasteiger partial charge >= 0.3 is 6.03 Å². The Morgan fingerprint density at radius 3 is 2.47 bits per heavy atom. The number of nitrogens with zero attached hydrogens (tertiary/aromatic N) is 1. The van der Waals surface area contributed by atoms with E-state index in [9.17, 15) is 13.6 Å². The molecule has 3 nitrogen and oxygen atoms in total.